The van der Waals surface area contributed by atoms with Crippen LogP contribution in [0.5, 0.6) is 0 Å². The minimum absolute atomic E-state index is 0.291. The number of benzene rings is 1. The predicted octanol–water partition coefficient (Wildman–Crippen LogP) is 2.49. The Morgan fingerprint density at radius 2 is 2.26 bits per heavy atom. The zero-order valence-electron chi connectivity index (χ0n) is 10.4. The quantitative estimate of drug-likeness (QED) is 0.811. The van der Waals surface area contributed by atoms with Crippen LogP contribution >= 0.6 is 28.1 Å². The molecule has 1 aliphatic heterocycles. The number of halogens is 1. The Kier molecular flexibility index (Phi) is 4.76. The summed E-state index contributed by atoms with van der Waals surface area (Å²) in [7, 11) is 0. The van der Waals surface area contributed by atoms with Crippen LogP contribution in [0, 0.1) is 0 Å². The standard InChI is InChI=1S/C13H16BrN3OS/c14-9-4-3-5-10(8-9)16-13(19)17-7-2-1-6-11(17)12(15)18/h3-5,8,11H,1-2,6-7H2,(H2,15,18)(H,16,19)/t11-/m0/s1. The topological polar surface area (TPSA) is 58.4 Å². The van der Waals surface area contributed by atoms with Crippen molar-refractivity contribution in [3.8, 4) is 0 Å². The number of piperidine rings is 1. The van der Waals surface area contributed by atoms with E-state index in [4.69, 9.17) is 18.0 Å². The van der Waals surface area contributed by atoms with Gasteiger partial charge >= 0.3 is 0 Å². The molecule has 0 unspecified atom stereocenters. The van der Waals surface area contributed by atoms with Gasteiger partial charge in [-0.2, -0.15) is 0 Å². The Morgan fingerprint density at radius 3 is 2.95 bits per heavy atom. The van der Waals surface area contributed by atoms with Gasteiger partial charge in [-0.1, -0.05) is 22.0 Å². The normalized spacial score (nSPS) is 19.0. The molecular weight excluding hydrogens is 326 g/mol. The highest BCUT2D eigenvalue weighted by molar-refractivity contribution is 9.10. The van der Waals surface area contributed by atoms with Gasteiger partial charge in [0.15, 0.2) is 5.11 Å². The van der Waals surface area contributed by atoms with Crippen molar-refractivity contribution in [3.63, 3.8) is 0 Å². The zero-order chi connectivity index (χ0) is 13.8. The van der Waals surface area contributed by atoms with E-state index in [2.05, 4.69) is 21.2 Å². The number of carbonyl (C=O) groups is 1. The molecule has 0 spiro atoms. The molecule has 4 nitrogen and oxygen atoms in total. The van der Waals surface area contributed by atoms with Crippen molar-refractivity contribution in [2.45, 2.75) is 25.3 Å². The van der Waals surface area contributed by atoms with Gasteiger partial charge in [0.1, 0.15) is 6.04 Å². The van der Waals surface area contributed by atoms with Gasteiger partial charge in [-0.3, -0.25) is 4.79 Å². The molecule has 1 amide bonds. The van der Waals surface area contributed by atoms with E-state index in [1.165, 1.54) is 0 Å². The SMILES string of the molecule is NC(=O)[C@@H]1CCCCN1C(=S)Nc1cccc(Br)c1. The third-order valence-corrected chi connectivity index (χ3v) is 4.00. The second kappa shape index (κ2) is 6.34. The Hall–Kier alpha value is -1.14. The molecule has 2 rings (SSSR count). The molecule has 0 radical (unpaired) electrons. The fourth-order valence-corrected chi connectivity index (χ4v) is 2.97. The van der Waals surface area contributed by atoms with Crippen LogP contribution in [0.25, 0.3) is 0 Å². The monoisotopic (exact) mass is 341 g/mol. The maximum Gasteiger partial charge on any atom is 0.240 e. The van der Waals surface area contributed by atoms with Crippen LogP contribution in [0.1, 0.15) is 19.3 Å². The Labute approximate surface area is 126 Å². The third-order valence-electron chi connectivity index (χ3n) is 3.17. The summed E-state index contributed by atoms with van der Waals surface area (Å²) in [6, 6.07) is 7.45. The number of hydrogen-bond acceptors (Lipinski definition) is 2. The first-order chi connectivity index (χ1) is 9.08. The fourth-order valence-electron chi connectivity index (χ4n) is 2.23. The number of carbonyl (C=O) groups excluding carboxylic acids is 1. The smallest absolute Gasteiger partial charge is 0.240 e. The summed E-state index contributed by atoms with van der Waals surface area (Å²) in [4.78, 5) is 13.4. The largest absolute Gasteiger partial charge is 0.368 e. The molecule has 1 fully saturated rings. The van der Waals surface area contributed by atoms with Crippen molar-refractivity contribution in [1.29, 1.82) is 0 Å². The lowest BCUT2D eigenvalue weighted by molar-refractivity contribution is -0.122. The van der Waals surface area contributed by atoms with Crippen LogP contribution in [-0.2, 0) is 4.79 Å². The lowest BCUT2D eigenvalue weighted by Crippen LogP contribution is -2.51. The Bertz CT molecular complexity index is 495. The van der Waals surface area contributed by atoms with E-state index in [0.717, 1.165) is 36.0 Å². The van der Waals surface area contributed by atoms with Crippen molar-refractivity contribution in [2.24, 2.45) is 5.73 Å². The van der Waals surface area contributed by atoms with E-state index in [1.807, 2.05) is 29.2 Å². The molecule has 0 aliphatic carbocycles. The highest BCUT2D eigenvalue weighted by atomic mass is 79.9. The van der Waals surface area contributed by atoms with E-state index in [9.17, 15) is 4.79 Å². The van der Waals surface area contributed by atoms with E-state index >= 15 is 0 Å². The van der Waals surface area contributed by atoms with Crippen LogP contribution < -0.4 is 11.1 Å². The summed E-state index contributed by atoms with van der Waals surface area (Å²) in [5.74, 6) is -0.307. The van der Waals surface area contributed by atoms with Crippen molar-refractivity contribution >= 4 is 44.9 Å². The first kappa shape index (κ1) is 14.3. The number of primary amides is 1. The van der Waals surface area contributed by atoms with Gasteiger partial charge in [0, 0.05) is 16.7 Å². The second-order valence-electron chi connectivity index (χ2n) is 4.55. The molecule has 102 valence electrons. The number of likely N-dealkylation sites (tertiary alicyclic amines) is 1. The average molecular weight is 342 g/mol. The maximum absolute atomic E-state index is 11.5. The maximum atomic E-state index is 11.5. The van der Waals surface area contributed by atoms with Crippen LogP contribution in [0.2, 0.25) is 0 Å². The van der Waals surface area contributed by atoms with Crippen LogP contribution in [0.4, 0.5) is 5.69 Å². The molecule has 0 saturated carbocycles. The number of hydrogen-bond donors (Lipinski definition) is 2. The van der Waals surface area contributed by atoms with Crippen LogP contribution in [-0.4, -0.2) is 28.5 Å². The number of amides is 1. The minimum Gasteiger partial charge on any atom is -0.368 e. The molecule has 1 aliphatic rings. The van der Waals surface area contributed by atoms with Crippen molar-refractivity contribution in [3.05, 3.63) is 28.7 Å². The molecular formula is C13H16BrN3OS. The fraction of sp³-hybridized carbons (Fsp3) is 0.385. The lowest BCUT2D eigenvalue weighted by Gasteiger charge is -2.35. The van der Waals surface area contributed by atoms with Crippen LogP contribution in [0.3, 0.4) is 0 Å². The summed E-state index contributed by atoms with van der Waals surface area (Å²) in [6.07, 6.45) is 2.82. The Balaban J connectivity index is 2.07. The molecule has 6 heteroatoms. The van der Waals surface area contributed by atoms with Crippen molar-refractivity contribution in [2.75, 3.05) is 11.9 Å². The van der Waals surface area contributed by atoms with E-state index in [-0.39, 0.29) is 11.9 Å². The molecule has 1 aromatic rings. The van der Waals surface area contributed by atoms with Crippen LogP contribution in [0.15, 0.2) is 28.7 Å². The summed E-state index contributed by atoms with van der Waals surface area (Å²) >= 11 is 8.80. The van der Waals surface area contributed by atoms with E-state index in [1.54, 1.807) is 0 Å². The van der Waals surface area contributed by atoms with Crippen molar-refractivity contribution < 1.29 is 4.79 Å². The lowest BCUT2D eigenvalue weighted by atomic mass is 10.0. The highest BCUT2D eigenvalue weighted by Gasteiger charge is 2.28. The Morgan fingerprint density at radius 1 is 1.47 bits per heavy atom. The number of nitrogens with one attached hydrogen (secondary N) is 1. The van der Waals surface area contributed by atoms with E-state index < -0.39 is 0 Å². The second-order valence-corrected chi connectivity index (χ2v) is 5.85. The zero-order valence-corrected chi connectivity index (χ0v) is 12.8. The molecule has 1 saturated heterocycles. The van der Waals surface area contributed by atoms with Gasteiger partial charge in [-0.15, -0.1) is 0 Å². The summed E-state index contributed by atoms with van der Waals surface area (Å²) < 4.78 is 0.977. The molecule has 1 aromatic carbocycles. The van der Waals surface area contributed by atoms with Gasteiger partial charge in [0.05, 0.1) is 0 Å². The summed E-state index contributed by atoms with van der Waals surface area (Å²) in [6.45, 7) is 0.771. The molecule has 1 heterocycles. The number of anilines is 1. The first-order valence-corrected chi connectivity index (χ1v) is 7.40. The average Bonchev–Trinajstić information content (AvgIpc) is 2.38. The van der Waals surface area contributed by atoms with Gasteiger partial charge in [0.25, 0.3) is 0 Å². The summed E-state index contributed by atoms with van der Waals surface area (Å²) in [5, 5.41) is 3.71. The molecule has 19 heavy (non-hydrogen) atoms. The third kappa shape index (κ3) is 3.67. The van der Waals surface area contributed by atoms with Gasteiger partial charge in [-0.05, 0) is 49.7 Å². The van der Waals surface area contributed by atoms with E-state index in [0.29, 0.717) is 5.11 Å². The predicted molar refractivity (Wildman–Crippen MR) is 83.9 cm³/mol. The number of nitrogens with two attached hydrogens (primary N) is 1. The molecule has 1 atom stereocenters. The molecule has 3 N–H and O–H groups in total. The number of thiocarbonyl (C=S) groups is 1. The van der Waals surface area contributed by atoms with Gasteiger partial charge in [-0.25, -0.2) is 0 Å². The highest BCUT2D eigenvalue weighted by Crippen LogP contribution is 2.20. The molecule has 0 aromatic heterocycles. The summed E-state index contributed by atoms with van der Waals surface area (Å²) in [5.41, 5.74) is 6.33. The number of nitrogens with zero attached hydrogens (tertiary/aromatic N) is 1. The minimum atomic E-state index is -0.307. The van der Waals surface area contributed by atoms with Crippen molar-refractivity contribution in [1.82, 2.24) is 4.90 Å². The van der Waals surface area contributed by atoms with Gasteiger partial charge < -0.3 is 16.0 Å². The number of rotatable bonds is 2. The molecule has 0 bridgehead atoms. The van der Waals surface area contributed by atoms with Gasteiger partial charge in [0.2, 0.25) is 5.91 Å². The first-order valence-electron chi connectivity index (χ1n) is 6.20.